The van der Waals surface area contributed by atoms with Crippen LogP contribution in [0.4, 0.5) is 0 Å². The third kappa shape index (κ3) is 13.9. The zero-order valence-electron chi connectivity index (χ0n) is 20.9. The Kier molecular flexibility index (Phi) is 14.9. The summed E-state index contributed by atoms with van der Waals surface area (Å²) in [5, 5.41) is 18.5. The van der Waals surface area contributed by atoms with E-state index in [4.69, 9.17) is 15.2 Å². The summed E-state index contributed by atoms with van der Waals surface area (Å²) in [6.07, 6.45) is 6.99. The van der Waals surface area contributed by atoms with Gasteiger partial charge in [-0.1, -0.05) is 32.8 Å². The molecule has 0 atom stereocenters. The van der Waals surface area contributed by atoms with E-state index >= 15 is 0 Å². The number of unbranched alkanes of at least 4 members (excludes halogenated alkanes) is 3. The van der Waals surface area contributed by atoms with Crippen LogP contribution >= 0.6 is 23.1 Å². The minimum Gasteiger partial charge on any atom is -0.478 e. The Balaban J connectivity index is 0.000000658. The molecule has 0 fully saturated rings. The molecule has 0 saturated heterocycles. The fourth-order valence-corrected chi connectivity index (χ4v) is 4.75. The van der Waals surface area contributed by atoms with Crippen molar-refractivity contribution in [3.8, 4) is 0 Å². The van der Waals surface area contributed by atoms with E-state index in [0.29, 0.717) is 18.1 Å². The summed E-state index contributed by atoms with van der Waals surface area (Å²) in [6, 6.07) is 7.82. The number of carboxylic acids is 2. The van der Waals surface area contributed by atoms with Crippen molar-refractivity contribution in [3.05, 3.63) is 57.9 Å². The molecule has 0 aliphatic heterocycles. The maximum absolute atomic E-state index is 12.9. The van der Waals surface area contributed by atoms with Crippen molar-refractivity contribution in [1.82, 2.24) is 9.88 Å². The van der Waals surface area contributed by atoms with Crippen LogP contribution in [0.3, 0.4) is 0 Å². The van der Waals surface area contributed by atoms with Crippen LogP contribution in [0.15, 0.2) is 46.8 Å². The summed E-state index contributed by atoms with van der Waals surface area (Å²) in [7, 11) is 4.25. The number of carbonyl (C=O) groups is 3. The second kappa shape index (κ2) is 17.0. The van der Waals surface area contributed by atoms with E-state index in [9.17, 15) is 14.4 Å². The Labute approximate surface area is 216 Å². The van der Waals surface area contributed by atoms with Crippen LogP contribution < -0.4 is 0 Å². The number of rotatable bonds is 14. The van der Waals surface area contributed by atoms with E-state index < -0.39 is 11.9 Å². The predicted octanol–water partition coefficient (Wildman–Crippen LogP) is 5.50. The third-order valence-corrected chi connectivity index (χ3v) is 6.58. The second-order valence-corrected chi connectivity index (χ2v) is 10.7. The first kappa shape index (κ1) is 30.5. The first-order valence-corrected chi connectivity index (χ1v) is 13.5. The molecule has 0 unspecified atom stereocenters. The molecular weight excluding hydrogens is 484 g/mol. The van der Waals surface area contributed by atoms with Crippen LogP contribution in [0.2, 0.25) is 0 Å². The van der Waals surface area contributed by atoms with Crippen LogP contribution in [0.5, 0.6) is 0 Å². The van der Waals surface area contributed by atoms with Gasteiger partial charge in [-0.15, -0.1) is 23.1 Å². The van der Waals surface area contributed by atoms with Crippen molar-refractivity contribution < 1.29 is 24.6 Å². The fourth-order valence-electron chi connectivity index (χ4n) is 3.03. The number of thioether (sulfide) groups is 1. The monoisotopic (exact) mass is 520 g/mol. The van der Waals surface area contributed by atoms with Crippen LogP contribution in [-0.2, 0) is 16.0 Å². The number of hydrogen-bond donors (Lipinski definition) is 2. The normalized spacial score (nSPS) is 11.0. The molecule has 2 aromatic rings. The lowest BCUT2D eigenvalue weighted by Crippen LogP contribution is -2.12. The van der Waals surface area contributed by atoms with E-state index in [0.717, 1.165) is 39.9 Å². The Morgan fingerprint density at radius 2 is 1.69 bits per heavy atom. The number of pyridine rings is 1. The Bertz CT molecular complexity index is 941. The summed E-state index contributed by atoms with van der Waals surface area (Å²) in [5.74, 6) is -0.835. The number of ketones is 1. The molecular formula is C26H36N2O5S2. The molecule has 2 N–H and O–H groups in total. The minimum absolute atomic E-state index is 0.0991. The van der Waals surface area contributed by atoms with E-state index in [1.807, 2.05) is 29.6 Å². The maximum atomic E-state index is 12.9. The van der Waals surface area contributed by atoms with E-state index in [-0.39, 0.29) is 5.78 Å². The molecule has 9 heteroatoms. The lowest BCUT2D eigenvalue weighted by Gasteiger charge is -2.11. The zero-order chi connectivity index (χ0) is 26.2. The molecule has 2 heterocycles. The molecule has 0 saturated carbocycles. The van der Waals surface area contributed by atoms with Gasteiger partial charge in [-0.2, -0.15) is 0 Å². The van der Waals surface area contributed by atoms with E-state index in [2.05, 4.69) is 32.8 Å². The average Bonchev–Trinajstić information content (AvgIpc) is 3.31. The fraction of sp³-hybridized carbons (Fsp3) is 0.462. The van der Waals surface area contributed by atoms with Crippen LogP contribution in [-0.4, -0.2) is 64.2 Å². The molecule has 0 bridgehead atoms. The highest BCUT2D eigenvalue weighted by Crippen LogP contribution is 2.27. The number of thiophene rings is 1. The van der Waals surface area contributed by atoms with Crippen LogP contribution in [0, 0.1) is 5.92 Å². The van der Waals surface area contributed by atoms with Crippen molar-refractivity contribution in [2.24, 2.45) is 5.92 Å². The number of aliphatic carboxylic acids is 2. The van der Waals surface area contributed by atoms with Gasteiger partial charge < -0.3 is 15.1 Å². The standard InChI is InChI=1S/C22H32N2OS2.C4H4O4/c1-17(2)16-18-11-12-19(21(25)20-10-9-15-26-20)22(23-18)27-14-8-6-5-7-13-24(3)4;5-3(6)1-2-4(7)8/h9-12,15,17H,5-8,13-14,16H2,1-4H3;1-2H,(H,5,6)(H,7,8)/b;2-1+. The quantitative estimate of drug-likeness (QED) is 0.146. The Morgan fingerprint density at radius 1 is 1.03 bits per heavy atom. The molecule has 35 heavy (non-hydrogen) atoms. The molecule has 192 valence electrons. The van der Waals surface area contributed by atoms with Crippen LogP contribution in [0.1, 0.15) is 60.5 Å². The summed E-state index contributed by atoms with van der Waals surface area (Å²) in [6.45, 7) is 5.56. The zero-order valence-corrected chi connectivity index (χ0v) is 22.5. The average molecular weight is 521 g/mol. The smallest absolute Gasteiger partial charge is 0.328 e. The van der Waals surface area contributed by atoms with Gasteiger partial charge in [-0.25, -0.2) is 14.6 Å². The summed E-state index contributed by atoms with van der Waals surface area (Å²) < 4.78 is 0. The number of hydrogen-bond acceptors (Lipinski definition) is 7. The van der Waals surface area contributed by atoms with Gasteiger partial charge in [-0.3, -0.25) is 4.79 Å². The lowest BCUT2D eigenvalue weighted by molar-refractivity contribution is -0.134. The van der Waals surface area contributed by atoms with E-state index in [1.54, 1.807) is 11.8 Å². The summed E-state index contributed by atoms with van der Waals surface area (Å²) >= 11 is 3.24. The molecule has 7 nitrogen and oxygen atoms in total. The van der Waals surface area contributed by atoms with E-state index in [1.165, 1.54) is 37.0 Å². The van der Waals surface area contributed by atoms with Gasteiger partial charge in [0, 0.05) is 17.8 Å². The van der Waals surface area contributed by atoms with Crippen molar-refractivity contribution in [2.45, 2.75) is 51.0 Å². The first-order chi connectivity index (χ1) is 16.6. The highest BCUT2D eigenvalue weighted by atomic mass is 32.2. The maximum Gasteiger partial charge on any atom is 0.328 e. The van der Waals surface area contributed by atoms with Gasteiger partial charge >= 0.3 is 11.9 Å². The molecule has 0 aliphatic rings. The highest BCUT2D eigenvalue weighted by Gasteiger charge is 2.17. The van der Waals surface area contributed by atoms with Crippen molar-refractivity contribution in [3.63, 3.8) is 0 Å². The topological polar surface area (TPSA) is 108 Å². The van der Waals surface area contributed by atoms with Crippen LogP contribution in [0.25, 0.3) is 0 Å². The predicted molar refractivity (Wildman–Crippen MR) is 143 cm³/mol. The van der Waals surface area contributed by atoms with Crippen molar-refractivity contribution in [2.75, 3.05) is 26.4 Å². The number of aromatic nitrogens is 1. The Morgan fingerprint density at radius 3 is 2.23 bits per heavy atom. The molecule has 0 amide bonds. The molecule has 0 aliphatic carbocycles. The lowest BCUT2D eigenvalue weighted by atomic mass is 10.1. The van der Waals surface area contributed by atoms with Crippen molar-refractivity contribution >= 4 is 40.8 Å². The van der Waals surface area contributed by atoms with Gasteiger partial charge in [-0.05, 0) is 75.2 Å². The molecule has 0 aromatic carbocycles. The number of nitrogens with zero attached hydrogens (tertiary/aromatic N) is 2. The Hall–Kier alpha value is -2.49. The molecule has 2 rings (SSSR count). The van der Waals surface area contributed by atoms with Gasteiger partial charge in [0.25, 0.3) is 0 Å². The number of carboxylic acid groups (broad SMARTS) is 2. The molecule has 0 radical (unpaired) electrons. The summed E-state index contributed by atoms with van der Waals surface area (Å²) in [4.78, 5) is 39.8. The van der Waals surface area contributed by atoms with Gasteiger partial charge in [0.1, 0.15) is 5.03 Å². The first-order valence-electron chi connectivity index (χ1n) is 11.6. The largest absolute Gasteiger partial charge is 0.478 e. The second-order valence-electron chi connectivity index (χ2n) is 8.64. The van der Waals surface area contributed by atoms with Gasteiger partial charge in [0.05, 0.1) is 10.4 Å². The van der Waals surface area contributed by atoms with Crippen molar-refractivity contribution in [1.29, 1.82) is 0 Å². The van der Waals surface area contributed by atoms with Gasteiger partial charge in [0.15, 0.2) is 0 Å². The summed E-state index contributed by atoms with van der Waals surface area (Å²) in [5.41, 5.74) is 1.84. The number of carbonyl (C=O) groups excluding carboxylic acids is 1. The minimum atomic E-state index is -1.26. The van der Waals surface area contributed by atoms with Gasteiger partial charge in [0.2, 0.25) is 5.78 Å². The molecule has 2 aromatic heterocycles. The highest BCUT2D eigenvalue weighted by molar-refractivity contribution is 7.99. The third-order valence-electron chi connectivity index (χ3n) is 4.63. The SMILES string of the molecule is CC(C)Cc1ccc(C(=O)c2cccs2)c(SCCCCCCN(C)C)n1.O=C(O)/C=C/C(=O)O. The molecule has 0 spiro atoms.